The zero-order chi connectivity index (χ0) is 19.2. The van der Waals surface area contributed by atoms with Gasteiger partial charge in [-0.05, 0) is 32.2 Å². The number of nitrogens with one attached hydrogen (secondary N) is 3. The average Bonchev–Trinajstić information content (AvgIpc) is 2.60. The van der Waals surface area contributed by atoms with Gasteiger partial charge in [-0.3, -0.25) is 10.1 Å². The second-order valence-corrected chi connectivity index (χ2v) is 6.54. The van der Waals surface area contributed by atoms with Gasteiger partial charge in [0.15, 0.2) is 6.10 Å². The number of hydrogen-bond donors (Lipinski definition) is 3. The van der Waals surface area contributed by atoms with Crippen LogP contribution in [0.4, 0.5) is 4.79 Å². The monoisotopic (exact) mass is 373 g/mol. The molecule has 0 aliphatic heterocycles. The lowest BCUT2D eigenvalue weighted by atomic mass is 10.2. The molecule has 0 unspecified atom stereocenters. The van der Waals surface area contributed by atoms with Crippen LogP contribution in [0.15, 0.2) is 23.1 Å². The Morgan fingerprint density at radius 1 is 1.16 bits per heavy atom. The van der Waals surface area contributed by atoms with Crippen molar-refractivity contribution in [1.29, 1.82) is 0 Å². The number of benzene rings is 1. The maximum absolute atomic E-state index is 12.1. The minimum Gasteiger partial charge on any atom is -0.495 e. The highest BCUT2D eigenvalue weighted by atomic mass is 32.2. The van der Waals surface area contributed by atoms with E-state index in [0.29, 0.717) is 0 Å². The van der Waals surface area contributed by atoms with E-state index in [0.717, 1.165) is 6.07 Å². The van der Waals surface area contributed by atoms with Gasteiger partial charge < -0.3 is 14.8 Å². The molecule has 10 nitrogen and oxygen atoms in total. The first-order chi connectivity index (χ1) is 11.7. The van der Waals surface area contributed by atoms with Gasteiger partial charge in [-0.15, -0.1) is 0 Å². The number of esters is 1. The van der Waals surface area contributed by atoms with E-state index in [1.54, 1.807) is 0 Å². The molecule has 0 aliphatic rings. The number of amides is 3. The lowest BCUT2D eigenvalue weighted by Gasteiger charge is -2.14. The highest BCUT2D eigenvalue weighted by molar-refractivity contribution is 7.89. The number of hydrogen-bond acceptors (Lipinski definition) is 7. The molecule has 1 aromatic rings. The Hall–Kier alpha value is -2.66. The summed E-state index contributed by atoms with van der Waals surface area (Å²) in [6, 6.07) is 2.89. The number of carbonyl (C=O) groups excluding carboxylic acids is 3. The number of methoxy groups -OCH3 is 1. The van der Waals surface area contributed by atoms with Gasteiger partial charge in [0.2, 0.25) is 10.0 Å². The summed E-state index contributed by atoms with van der Waals surface area (Å²) in [6.45, 7) is 1.27. The molecule has 0 saturated heterocycles. The van der Waals surface area contributed by atoms with E-state index in [2.05, 4.69) is 10.0 Å². The molecule has 25 heavy (non-hydrogen) atoms. The Morgan fingerprint density at radius 3 is 2.32 bits per heavy atom. The molecule has 3 N–H and O–H groups in total. The Kier molecular flexibility index (Phi) is 6.88. The molecule has 1 aromatic carbocycles. The van der Waals surface area contributed by atoms with Gasteiger partial charge in [0.1, 0.15) is 10.6 Å². The van der Waals surface area contributed by atoms with Crippen molar-refractivity contribution in [2.75, 3.05) is 21.2 Å². The fraction of sp³-hybridized carbons (Fsp3) is 0.357. The van der Waals surface area contributed by atoms with Crippen molar-refractivity contribution in [1.82, 2.24) is 15.4 Å². The lowest BCUT2D eigenvalue weighted by Crippen LogP contribution is -2.43. The summed E-state index contributed by atoms with van der Waals surface area (Å²) in [5, 5.41) is 4.14. The third-order valence-corrected chi connectivity index (χ3v) is 4.51. The van der Waals surface area contributed by atoms with Crippen LogP contribution in [0.2, 0.25) is 0 Å². The Balaban J connectivity index is 3.01. The third-order valence-electron chi connectivity index (χ3n) is 3.07. The van der Waals surface area contributed by atoms with E-state index in [4.69, 9.17) is 9.47 Å². The van der Waals surface area contributed by atoms with Crippen molar-refractivity contribution in [3.8, 4) is 5.75 Å². The number of imide groups is 1. The zero-order valence-electron chi connectivity index (χ0n) is 14.1. The Bertz CT molecular complexity index is 777. The highest BCUT2D eigenvalue weighted by Crippen LogP contribution is 2.25. The van der Waals surface area contributed by atoms with Crippen LogP contribution in [-0.4, -0.2) is 53.6 Å². The number of rotatable bonds is 6. The van der Waals surface area contributed by atoms with Gasteiger partial charge in [0, 0.05) is 7.05 Å². The molecule has 0 aromatic heterocycles. The predicted octanol–water partition coefficient (Wildman–Crippen LogP) is -0.396. The molecule has 1 atom stereocenters. The second kappa shape index (κ2) is 8.44. The van der Waals surface area contributed by atoms with Crippen molar-refractivity contribution in [2.45, 2.75) is 17.9 Å². The largest absolute Gasteiger partial charge is 0.495 e. The van der Waals surface area contributed by atoms with Crippen LogP contribution >= 0.6 is 0 Å². The van der Waals surface area contributed by atoms with Crippen LogP contribution in [0, 0.1) is 0 Å². The van der Waals surface area contributed by atoms with E-state index >= 15 is 0 Å². The fourth-order valence-corrected chi connectivity index (χ4v) is 2.60. The van der Waals surface area contributed by atoms with E-state index in [-0.39, 0.29) is 16.2 Å². The minimum atomic E-state index is -3.88. The lowest BCUT2D eigenvalue weighted by molar-refractivity contribution is -0.127. The summed E-state index contributed by atoms with van der Waals surface area (Å²) in [6.07, 6.45) is -1.27. The molecule has 11 heteroatoms. The summed E-state index contributed by atoms with van der Waals surface area (Å²) in [5.74, 6) is -1.73. The van der Waals surface area contributed by atoms with Crippen LogP contribution in [0.3, 0.4) is 0 Å². The van der Waals surface area contributed by atoms with Gasteiger partial charge in [-0.25, -0.2) is 22.7 Å². The van der Waals surface area contributed by atoms with E-state index in [9.17, 15) is 22.8 Å². The predicted molar refractivity (Wildman–Crippen MR) is 86.7 cm³/mol. The molecule has 0 heterocycles. The first-order valence-electron chi connectivity index (χ1n) is 7.01. The Labute approximate surface area is 144 Å². The molecular formula is C14H19N3O7S. The average molecular weight is 373 g/mol. The van der Waals surface area contributed by atoms with Crippen LogP contribution in [0.1, 0.15) is 17.3 Å². The van der Waals surface area contributed by atoms with E-state index in [1.165, 1.54) is 40.3 Å². The molecule has 138 valence electrons. The number of sulfonamides is 1. The first-order valence-corrected chi connectivity index (χ1v) is 8.49. The summed E-state index contributed by atoms with van der Waals surface area (Å²) in [7, 11) is -0.0581. The van der Waals surface area contributed by atoms with Crippen molar-refractivity contribution in [3.05, 3.63) is 23.8 Å². The van der Waals surface area contributed by atoms with Crippen molar-refractivity contribution in [2.24, 2.45) is 0 Å². The molecule has 1 rings (SSSR count). The number of ether oxygens (including phenoxy) is 2. The number of urea groups is 1. The first kappa shape index (κ1) is 20.4. The van der Waals surface area contributed by atoms with Gasteiger partial charge in [-0.1, -0.05) is 0 Å². The maximum Gasteiger partial charge on any atom is 0.338 e. The Morgan fingerprint density at radius 2 is 1.80 bits per heavy atom. The maximum atomic E-state index is 12.1. The summed E-state index contributed by atoms with van der Waals surface area (Å²) >= 11 is 0. The van der Waals surface area contributed by atoms with Crippen LogP contribution in [-0.2, 0) is 19.6 Å². The molecule has 0 fully saturated rings. The molecule has 0 saturated carbocycles. The van der Waals surface area contributed by atoms with Crippen LogP contribution in [0.5, 0.6) is 5.75 Å². The molecule has 3 amide bonds. The summed E-state index contributed by atoms with van der Waals surface area (Å²) < 4.78 is 36.0. The van der Waals surface area contributed by atoms with Crippen LogP contribution in [0.25, 0.3) is 0 Å². The van der Waals surface area contributed by atoms with E-state index in [1.807, 2.05) is 5.32 Å². The van der Waals surface area contributed by atoms with Crippen LogP contribution < -0.4 is 20.1 Å². The zero-order valence-corrected chi connectivity index (χ0v) is 14.9. The fourth-order valence-electron chi connectivity index (χ4n) is 1.68. The standard InChI is InChI=1S/C14H19N3O7S/c1-8(12(18)17-14(20)15-2)24-13(19)9-5-6-10(23-4)11(7-9)25(21,22)16-3/h5-8,16H,1-4H3,(H2,15,17,18,20)/t8-/m1/s1. The molecule has 0 spiro atoms. The van der Waals surface area contributed by atoms with Gasteiger partial charge >= 0.3 is 12.0 Å². The molecular weight excluding hydrogens is 354 g/mol. The third kappa shape index (κ3) is 5.16. The van der Waals surface area contributed by atoms with Crippen molar-refractivity contribution < 1.29 is 32.3 Å². The minimum absolute atomic E-state index is 0.0382. The van der Waals surface area contributed by atoms with E-state index < -0.39 is 34.0 Å². The second-order valence-electron chi connectivity index (χ2n) is 4.69. The summed E-state index contributed by atoms with van der Waals surface area (Å²) in [5.41, 5.74) is -0.103. The van der Waals surface area contributed by atoms with Crippen molar-refractivity contribution >= 4 is 27.9 Å². The molecule has 0 bridgehead atoms. The topological polar surface area (TPSA) is 140 Å². The highest BCUT2D eigenvalue weighted by Gasteiger charge is 2.24. The normalized spacial score (nSPS) is 12.0. The SMILES string of the molecule is CNC(=O)NC(=O)[C@@H](C)OC(=O)c1ccc(OC)c(S(=O)(=O)NC)c1. The van der Waals surface area contributed by atoms with Gasteiger partial charge in [-0.2, -0.15) is 0 Å². The van der Waals surface area contributed by atoms with Gasteiger partial charge in [0.05, 0.1) is 12.7 Å². The summed E-state index contributed by atoms with van der Waals surface area (Å²) in [4.78, 5) is 34.6. The quantitative estimate of drug-likeness (QED) is 0.577. The van der Waals surface area contributed by atoms with Crippen molar-refractivity contribution in [3.63, 3.8) is 0 Å². The molecule has 0 radical (unpaired) electrons. The molecule has 0 aliphatic carbocycles. The van der Waals surface area contributed by atoms with Gasteiger partial charge in [0.25, 0.3) is 5.91 Å². The number of carbonyl (C=O) groups is 3. The smallest absolute Gasteiger partial charge is 0.338 e.